The van der Waals surface area contributed by atoms with E-state index < -0.39 is 0 Å². The minimum absolute atomic E-state index is 0.0456. The molecule has 0 heterocycles. The molecular weight excluding hydrogens is 140 g/mol. The topological polar surface area (TPSA) is 29.5 Å². The van der Waals surface area contributed by atoms with Gasteiger partial charge in [0.15, 0.2) is 0 Å². The van der Waals surface area contributed by atoms with E-state index in [-0.39, 0.29) is 6.61 Å². The van der Waals surface area contributed by atoms with Crippen LogP contribution in [0.5, 0.6) is 0 Å². The summed E-state index contributed by atoms with van der Waals surface area (Å²) in [7, 11) is 1.56. The lowest BCUT2D eigenvalue weighted by molar-refractivity contribution is 0.308. The number of aliphatic hydroxyl groups is 1. The van der Waals surface area contributed by atoms with Gasteiger partial charge in [-0.1, -0.05) is 18.7 Å². The third-order valence-electron chi connectivity index (χ3n) is 1.30. The van der Waals surface area contributed by atoms with Crippen molar-refractivity contribution in [1.29, 1.82) is 0 Å². The zero-order valence-corrected chi connectivity index (χ0v) is 7.00. The molecular formula is C9H14O2. The number of hydrogen-bond donors (Lipinski definition) is 1. The summed E-state index contributed by atoms with van der Waals surface area (Å²) in [5.41, 5.74) is 0.850. The Bertz CT molecular complexity index is 178. The monoisotopic (exact) mass is 154 g/mol. The lowest BCUT2D eigenvalue weighted by Crippen LogP contribution is -1.85. The van der Waals surface area contributed by atoms with Gasteiger partial charge in [0.2, 0.25) is 0 Å². The molecule has 11 heavy (non-hydrogen) atoms. The Balaban J connectivity index is 4.00. The third-order valence-corrected chi connectivity index (χ3v) is 1.30. The Hall–Kier alpha value is -1.02. The lowest BCUT2D eigenvalue weighted by Gasteiger charge is -1.96. The van der Waals surface area contributed by atoms with Crippen LogP contribution in [-0.4, -0.2) is 18.8 Å². The van der Waals surface area contributed by atoms with Gasteiger partial charge in [0.1, 0.15) is 5.76 Å². The maximum absolute atomic E-state index is 8.72. The molecule has 0 radical (unpaired) electrons. The van der Waals surface area contributed by atoms with Crippen molar-refractivity contribution in [2.45, 2.75) is 6.92 Å². The first-order valence-corrected chi connectivity index (χ1v) is 3.41. The minimum Gasteiger partial charge on any atom is -0.497 e. The third kappa shape index (κ3) is 4.39. The first-order chi connectivity index (χ1) is 5.24. The highest BCUT2D eigenvalue weighted by Crippen LogP contribution is 1.99. The molecule has 0 aromatic rings. The Morgan fingerprint density at radius 3 is 2.55 bits per heavy atom. The minimum atomic E-state index is 0.0456. The molecule has 0 amide bonds. The van der Waals surface area contributed by atoms with Crippen LogP contribution in [0.3, 0.4) is 0 Å². The smallest absolute Gasteiger partial charge is 0.111 e. The van der Waals surface area contributed by atoms with Gasteiger partial charge in [0.05, 0.1) is 13.7 Å². The summed E-state index contributed by atoms with van der Waals surface area (Å²) in [4.78, 5) is 0. The lowest BCUT2D eigenvalue weighted by atomic mass is 10.2. The number of aliphatic hydroxyl groups excluding tert-OH is 1. The molecule has 2 nitrogen and oxygen atoms in total. The molecule has 0 aliphatic rings. The Morgan fingerprint density at radius 1 is 1.55 bits per heavy atom. The Labute approximate surface area is 67.5 Å². The largest absolute Gasteiger partial charge is 0.497 e. The normalized spacial score (nSPS) is 12.1. The van der Waals surface area contributed by atoms with Crippen molar-refractivity contribution in [2.24, 2.45) is 0 Å². The fourth-order valence-electron chi connectivity index (χ4n) is 0.508. The average Bonchev–Trinajstić information content (AvgIpc) is 2.06. The molecule has 0 aliphatic heterocycles. The van der Waals surface area contributed by atoms with E-state index in [1.807, 2.05) is 13.0 Å². The van der Waals surface area contributed by atoms with Gasteiger partial charge in [-0.05, 0) is 18.6 Å². The average molecular weight is 154 g/mol. The van der Waals surface area contributed by atoms with Gasteiger partial charge in [-0.3, -0.25) is 0 Å². The quantitative estimate of drug-likeness (QED) is 0.492. The fourth-order valence-corrected chi connectivity index (χ4v) is 0.508. The van der Waals surface area contributed by atoms with E-state index in [9.17, 15) is 0 Å². The molecule has 1 N–H and O–H groups in total. The Kier molecular flexibility index (Phi) is 5.21. The second-order valence-corrected chi connectivity index (χ2v) is 2.03. The summed E-state index contributed by atoms with van der Waals surface area (Å²) >= 11 is 0. The van der Waals surface area contributed by atoms with E-state index >= 15 is 0 Å². The highest BCUT2D eigenvalue weighted by Gasteiger charge is 1.86. The Morgan fingerprint density at radius 2 is 2.18 bits per heavy atom. The first kappa shape index (κ1) is 9.98. The van der Waals surface area contributed by atoms with Crippen LogP contribution in [0.25, 0.3) is 0 Å². The molecule has 0 fully saturated rings. The summed E-state index contributed by atoms with van der Waals surface area (Å²) in [5, 5.41) is 8.72. The molecule has 0 aliphatic carbocycles. The van der Waals surface area contributed by atoms with Gasteiger partial charge in [0.25, 0.3) is 0 Å². The van der Waals surface area contributed by atoms with Gasteiger partial charge in [-0.25, -0.2) is 0 Å². The van der Waals surface area contributed by atoms with Gasteiger partial charge >= 0.3 is 0 Å². The maximum atomic E-state index is 8.72. The predicted molar refractivity (Wildman–Crippen MR) is 46.1 cm³/mol. The molecule has 0 atom stereocenters. The van der Waals surface area contributed by atoms with Crippen LogP contribution in [0.4, 0.5) is 0 Å². The van der Waals surface area contributed by atoms with Crippen LogP contribution in [0.15, 0.2) is 36.1 Å². The fraction of sp³-hybridized carbons (Fsp3) is 0.333. The van der Waals surface area contributed by atoms with E-state index in [1.165, 1.54) is 0 Å². The molecule has 0 bridgehead atoms. The predicted octanol–water partition coefficient (Wildman–Crippen LogP) is 1.64. The number of ether oxygens (including phenoxy) is 1. The molecule has 0 aromatic heterocycles. The van der Waals surface area contributed by atoms with Crippen molar-refractivity contribution in [3.8, 4) is 0 Å². The van der Waals surface area contributed by atoms with E-state index in [4.69, 9.17) is 9.84 Å². The molecule has 0 saturated heterocycles. The zero-order chi connectivity index (χ0) is 8.69. The molecule has 62 valence electrons. The standard InChI is InChI=1S/C9H14O2/c1-4-9(7-10)6-5-8(2)11-3/h4-6,10H,2,7H2,1,3H3/b6-5-,9-4+. The number of rotatable bonds is 4. The van der Waals surface area contributed by atoms with Crippen molar-refractivity contribution in [2.75, 3.05) is 13.7 Å². The van der Waals surface area contributed by atoms with E-state index in [2.05, 4.69) is 6.58 Å². The van der Waals surface area contributed by atoms with Crippen molar-refractivity contribution in [3.63, 3.8) is 0 Å². The van der Waals surface area contributed by atoms with Crippen LogP contribution in [0, 0.1) is 0 Å². The zero-order valence-electron chi connectivity index (χ0n) is 7.00. The SMILES string of the molecule is C=C(/C=C\C(=C/C)CO)OC. The number of methoxy groups -OCH3 is 1. The maximum Gasteiger partial charge on any atom is 0.111 e. The second kappa shape index (κ2) is 5.74. The van der Waals surface area contributed by atoms with E-state index in [1.54, 1.807) is 19.3 Å². The molecule has 0 spiro atoms. The van der Waals surface area contributed by atoms with Crippen molar-refractivity contribution >= 4 is 0 Å². The van der Waals surface area contributed by atoms with Gasteiger partial charge in [0, 0.05) is 0 Å². The van der Waals surface area contributed by atoms with Crippen LogP contribution in [0.1, 0.15) is 6.92 Å². The highest BCUT2D eigenvalue weighted by molar-refractivity contribution is 5.23. The van der Waals surface area contributed by atoms with Crippen molar-refractivity contribution in [1.82, 2.24) is 0 Å². The second-order valence-electron chi connectivity index (χ2n) is 2.03. The number of hydrogen-bond acceptors (Lipinski definition) is 2. The van der Waals surface area contributed by atoms with Gasteiger partial charge < -0.3 is 9.84 Å². The van der Waals surface area contributed by atoms with Crippen LogP contribution >= 0.6 is 0 Å². The summed E-state index contributed by atoms with van der Waals surface area (Å²) in [6, 6.07) is 0. The van der Waals surface area contributed by atoms with Gasteiger partial charge in [-0.15, -0.1) is 0 Å². The van der Waals surface area contributed by atoms with Crippen LogP contribution < -0.4 is 0 Å². The molecule has 0 saturated carbocycles. The molecule has 0 aromatic carbocycles. The van der Waals surface area contributed by atoms with E-state index in [0.717, 1.165) is 5.57 Å². The van der Waals surface area contributed by atoms with Crippen LogP contribution in [-0.2, 0) is 4.74 Å². The van der Waals surface area contributed by atoms with E-state index in [0.29, 0.717) is 5.76 Å². The van der Waals surface area contributed by atoms with Crippen LogP contribution in [0.2, 0.25) is 0 Å². The molecule has 0 unspecified atom stereocenters. The molecule has 0 rings (SSSR count). The van der Waals surface area contributed by atoms with Crippen molar-refractivity contribution in [3.05, 3.63) is 36.1 Å². The summed E-state index contributed by atoms with van der Waals surface area (Å²) < 4.78 is 4.80. The molecule has 2 heteroatoms. The number of allylic oxidation sites excluding steroid dienone is 2. The summed E-state index contributed by atoms with van der Waals surface area (Å²) in [6.45, 7) is 5.51. The summed E-state index contributed by atoms with van der Waals surface area (Å²) in [6.07, 6.45) is 5.32. The summed E-state index contributed by atoms with van der Waals surface area (Å²) in [5.74, 6) is 0.581. The first-order valence-electron chi connectivity index (χ1n) is 3.41. The highest BCUT2D eigenvalue weighted by atomic mass is 16.5. The van der Waals surface area contributed by atoms with Crippen molar-refractivity contribution < 1.29 is 9.84 Å². The van der Waals surface area contributed by atoms with Gasteiger partial charge in [-0.2, -0.15) is 0 Å².